The van der Waals surface area contributed by atoms with E-state index in [9.17, 15) is 13.0 Å². The van der Waals surface area contributed by atoms with Crippen LogP contribution >= 0.6 is 0 Å². The van der Waals surface area contributed by atoms with Crippen LogP contribution in [0.5, 0.6) is 0 Å². The normalized spacial score (nSPS) is 9.12. The minimum absolute atomic E-state index is 0. The maximum atomic E-state index is 9.38. The van der Waals surface area contributed by atoms with Crippen molar-refractivity contribution in [3.8, 4) is 0 Å². The molecule has 0 radical (unpaired) electrons. The predicted molar refractivity (Wildman–Crippen MR) is 21.0 cm³/mol. The average Bonchev–Trinajstić information content (AvgIpc) is 1.30. The molecule has 0 aromatic heterocycles. The zero-order chi connectivity index (χ0) is 5.91. The van der Waals surface area contributed by atoms with Crippen LogP contribution in [0.3, 0.4) is 0 Å². The Balaban J connectivity index is 0. The van der Waals surface area contributed by atoms with Crippen molar-refractivity contribution in [2.45, 2.75) is 0 Å². The van der Waals surface area contributed by atoms with E-state index in [1.165, 1.54) is 0 Å². The first-order valence-corrected chi connectivity index (χ1v) is 2.64. The molecule has 42 valence electrons. The van der Waals surface area contributed by atoms with Crippen molar-refractivity contribution in [3.05, 3.63) is 12.8 Å². The molecule has 0 rings (SSSR count). The fourth-order valence-corrected chi connectivity index (χ4v) is 0.250. The molecule has 0 aliphatic heterocycles. The summed E-state index contributed by atoms with van der Waals surface area (Å²) in [5.74, 6) is 0. The van der Waals surface area contributed by atoms with E-state index < -0.39 is 10.4 Å². The predicted octanol–water partition coefficient (Wildman–Crippen LogP) is -3.39. The van der Waals surface area contributed by atoms with Gasteiger partial charge in [-0.1, -0.05) is 6.58 Å². The molecule has 0 heterocycles. The van der Waals surface area contributed by atoms with Gasteiger partial charge in [0.2, 0.25) is 0 Å². The molecular weight excluding hydrogens is 159 g/mol. The summed E-state index contributed by atoms with van der Waals surface area (Å²) < 4.78 is 31.6. The quantitative estimate of drug-likeness (QED) is 0.184. The molecule has 8 heavy (non-hydrogen) atoms. The zero-order valence-electron chi connectivity index (χ0n) is 4.33. The second kappa shape index (κ2) is 4.92. The fraction of sp³-hybridized carbons (Fsp3) is 0. The van der Waals surface area contributed by atoms with Crippen LogP contribution in [0.4, 0.5) is 0 Å². The maximum Gasteiger partial charge on any atom is 1.00 e. The topological polar surface area (TPSA) is 66.4 Å². The Kier molecular flexibility index (Phi) is 7.27. The van der Waals surface area contributed by atoms with Crippen molar-refractivity contribution in [1.29, 1.82) is 0 Å². The summed E-state index contributed by atoms with van der Waals surface area (Å²) in [7, 11) is -4.54. The van der Waals surface area contributed by atoms with E-state index >= 15 is 0 Å². The summed E-state index contributed by atoms with van der Waals surface area (Å²) in [4.78, 5) is 0. The van der Waals surface area contributed by atoms with Gasteiger partial charge in [-0.05, 0) is 0 Å². The van der Waals surface area contributed by atoms with Gasteiger partial charge in [-0.2, -0.15) is 0 Å². The maximum absolute atomic E-state index is 9.38. The summed E-state index contributed by atoms with van der Waals surface area (Å²) >= 11 is 0. The minimum Gasteiger partial charge on any atom is -0.716 e. The Morgan fingerprint density at radius 1 is 1.62 bits per heavy atom. The molecule has 0 aromatic rings. The second-order valence-corrected chi connectivity index (χ2v) is 1.68. The molecule has 0 aromatic carbocycles. The van der Waals surface area contributed by atoms with Crippen molar-refractivity contribution in [1.82, 2.24) is 0 Å². The first-order valence-electron chi connectivity index (χ1n) is 1.31. The molecule has 0 amide bonds. The third-order valence-corrected chi connectivity index (χ3v) is 0.558. The van der Waals surface area contributed by atoms with E-state index in [1.54, 1.807) is 0 Å². The smallest absolute Gasteiger partial charge is 0.716 e. The van der Waals surface area contributed by atoms with E-state index in [-0.39, 0.29) is 51.4 Å². The molecule has 0 N–H and O–H groups in total. The van der Waals surface area contributed by atoms with Crippen molar-refractivity contribution in [2.75, 3.05) is 0 Å². The summed E-state index contributed by atoms with van der Waals surface area (Å²) in [6.07, 6.45) is 0.558. The monoisotopic (exact) mass is 162 g/mol. The van der Waals surface area contributed by atoms with Gasteiger partial charge in [0.25, 0.3) is 10.4 Å². The molecule has 0 saturated heterocycles. The molecule has 6 heteroatoms. The first kappa shape index (κ1) is 11.8. The van der Waals surface area contributed by atoms with E-state index in [4.69, 9.17) is 0 Å². The van der Waals surface area contributed by atoms with Gasteiger partial charge in [0.1, 0.15) is 0 Å². The fourth-order valence-electron chi connectivity index (χ4n) is 0.0833. The van der Waals surface area contributed by atoms with Gasteiger partial charge in [0.05, 0.1) is 6.26 Å². The zero-order valence-corrected chi connectivity index (χ0v) is 8.27. The Labute approximate surface area is 90.3 Å². The molecule has 0 aliphatic carbocycles. The summed E-state index contributed by atoms with van der Waals surface area (Å²) in [6.45, 7) is 2.84. The molecule has 0 saturated carbocycles. The molecule has 0 unspecified atom stereocenters. The summed E-state index contributed by atoms with van der Waals surface area (Å²) in [5.41, 5.74) is 0. The molecule has 0 fully saturated rings. The van der Waals surface area contributed by atoms with E-state index in [2.05, 4.69) is 10.8 Å². The SMILES string of the molecule is C=COS(=O)(=O)[O-].[K+]. The molecule has 0 spiro atoms. The first-order chi connectivity index (χ1) is 3.06. The van der Waals surface area contributed by atoms with Crippen molar-refractivity contribution in [3.63, 3.8) is 0 Å². The Morgan fingerprint density at radius 2 is 2.00 bits per heavy atom. The average molecular weight is 162 g/mol. The van der Waals surface area contributed by atoms with Crippen LogP contribution in [-0.2, 0) is 14.6 Å². The largest absolute Gasteiger partial charge is 1.00 e. The van der Waals surface area contributed by atoms with Gasteiger partial charge >= 0.3 is 51.4 Å². The van der Waals surface area contributed by atoms with Crippen molar-refractivity contribution < 1.29 is 68.5 Å². The molecule has 4 nitrogen and oxygen atoms in total. The number of rotatable bonds is 2. The van der Waals surface area contributed by atoms with E-state index in [1.807, 2.05) is 0 Å². The van der Waals surface area contributed by atoms with Gasteiger partial charge < -0.3 is 8.74 Å². The minimum atomic E-state index is -4.54. The van der Waals surface area contributed by atoms with Crippen LogP contribution < -0.4 is 51.4 Å². The van der Waals surface area contributed by atoms with Gasteiger partial charge in [-0.3, -0.25) is 0 Å². The standard InChI is InChI=1S/C2H4O4S.K/c1-2-6-7(3,4)5;/h2H,1H2,(H,3,4,5);/q;+1/p-1. The van der Waals surface area contributed by atoms with Crippen LogP contribution in [0, 0.1) is 0 Å². The second-order valence-electron chi connectivity index (χ2n) is 0.671. The summed E-state index contributed by atoms with van der Waals surface area (Å²) in [5, 5.41) is 0. The molecule has 0 atom stereocenters. The molecule has 0 bridgehead atoms. The van der Waals surface area contributed by atoms with Crippen LogP contribution in [-0.4, -0.2) is 13.0 Å². The van der Waals surface area contributed by atoms with Gasteiger partial charge in [0.15, 0.2) is 0 Å². The number of hydrogen-bond donors (Lipinski definition) is 0. The molecule has 0 aliphatic rings. The third-order valence-electron chi connectivity index (χ3n) is 0.186. The van der Waals surface area contributed by atoms with Gasteiger partial charge in [-0.25, -0.2) is 8.42 Å². The molecular formula is C2H3KO4S. The summed E-state index contributed by atoms with van der Waals surface area (Å²) in [6, 6.07) is 0. The van der Waals surface area contributed by atoms with Crippen LogP contribution in [0.2, 0.25) is 0 Å². The third kappa shape index (κ3) is 10.1. The van der Waals surface area contributed by atoms with Crippen LogP contribution in [0.1, 0.15) is 0 Å². The van der Waals surface area contributed by atoms with Gasteiger partial charge in [-0.15, -0.1) is 0 Å². The van der Waals surface area contributed by atoms with Gasteiger partial charge in [0, 0.05) is 0 Å². The number of hydrogen-bond acceptors (Lipinski definition) is 4. The Hall–Kier alpha value is 1.09. The van der Waals surface area contributed by atoms with Crippen LogP contribution in [0.25, 0.3) is 0 Å². The Bertz CT molecular complexity index is 147. The Morgan fingerprint density at radius 3 is 2.00 bits per heavy atom. The van der Waals surface area contributed by atoms with Crippen molar-refractivity contribution >= 4 is 10.4 Å². The van der Waals surface area contributed by atoms with E-state index in [0.717, 1.165) is 0 Å². The van der Waals surface area contributed by atoms with E-state index in [0.29, 0.717) is 6.26 Å². The van der Waals surface area contributed by atoms with Crippen molar-refractivity contribution in [2.24, 2.45) is 0 Å². The van der Waals surface area contributed by atoms with Crippen LogP contribution in [0.15, 0.2) is 12.8 Å².